The summed E-state index contributed by atoms with van der Waals surface area (Å²) in [5.41, 5.74) is 0.903. The molecule has 0 heterocycles. The van der Waals surface area contributed by atoms with Gasteiger partial charge in [-0.3, -0.25) is 4.79 Å². The first kappa shape index (κ1) is 19.3. The third kappa shape index (κ3) is 6.12. The molecule has 0 unspecified atom stereocenters. The number of nitrogens with one attached hydrogen (secondary N) is 1. The number of esters is 1. The van der Waals surface area contributed by atoms with Crippen molar-refractivity contribution in [3.05, 3.63) is 54.1 Å². The molecule has 2 aromatic rings. The highest BCUT2D eigenvalue weighted by Crippen LogP contribution is 2.17. The summed E-state index contributed by atoms with van der Waals surface area (Å²) >= 11 is 0. The van der Waals surface area contributed by atoms with E-state index in [4.69, 9.17) is 14.2 Å². The Morgan fingerprint density at radius 3 is 2.31 bits per heavy atom. The number of carbonyl (C=O) groups excluding carboxylic acids is 2. The Labute approximate surface area is 153 Å². The van der Waals surface area contributed by atoms with E-state index in [1.54, 1.807) is 48.5 Å². The van der Waals surface area contributed by atoms with E-state index >= 15 is 0 Å². The van der Waals surface area contributed by atoms with Gasteiger partial charge >= 0.3 is 5.97 Å². The number of carbonyl (C=O) groups is 2. The molecule has 2 aromatic carbocycles. The van der Waals surface area contributed by atoms with Crippen molar-refractivity contribution in [2.24, 2.45) is 0 Å². The van der Waals surface area contributed by atoms with Gasteiger partial charge in [0.25, 0.3) is 5.91 Å². The maximum Gasteiger partial charge on any atom is 0.338 e. The number of amides is 1. The fraction of sp³-hybridized carbons (Fsp3) is 0.300. The summed E-state index contributed by atoms with van der Waals surface area (Å²) in [5.74, 6) is 0.586. The van der Waals surface area contributed by atoms with Crippen molar-refractivity contribution in [3.63, 3.8) is 0 Å². The van der Waals surface area contributed by atoms with E-state index in [-0.39, 0.29) is 12.5 Å². The zero-order valence-electron chi connectivity index (χ0n) is 15.0. The molecule has 2 rings (SSSR count). The molecule has 0 bridgehead atoms. The topological polar surface area (TPSA) is 73.9 Å². The van der Waals surface area contributed by atoms with Crippen molar-refractivity contribution in [2.45, 2.75) is 20.3 Å². The minimum absolute atomic E-state index is 0.140. The van der Waals surface area contributed by atoms with Crippen LogP contribution in [0.25, 0.3) is 0 Å². The van der Waals surface area contributed by atoms with Gasteiger partial charge in [-0.1, -0.05) is 13.0 Å². The quantitative estimate of drug-likeness (QED) is 0.693. The predicted molar refractivity (Wildman–Crippen MR) is 98.8 cm³/mol. The van der Waals surface area contributed by atoms with Gasteiger partial charge in [-0.05, 0) is 55.8 Å². The number of rotatable bonds is 9. The predicted octanol–water partition coefficient (Wildman–Crippen LogP) is 3.67. The van der Waals surface area contributed by atoms with Crippen molar-refractivity contribution in [1.29, 1.82) is 0 Å². The van der Waals surface area contributed by atoms with Crippen LogP contribution in [0.15, 0.2) is 48.5 Å². The van der Waals surface area contributed by atoms with Gasteiger partial charge in [0.2, 0.25) is 0 Å². The minimum atomic E-state index is -0.409. The highest BCUT2D eigenvalue weighted by molar-refractivity contribution is 5.95. The monoisotopic (exact) mass is 357 g/mol. The van der Waals surface area contributed by atoms with Gasteiger partial charge in [0.15, 0.2) is 6.61 Å². The molecule has 0 radical (unpaired) electrons. The molecule has 0 aliphatic rings. The molecule has 6 heteroatoms. The lowest BCUT2D eigenvalue weighted by atomic mass is 10.2. The lowest BCUT2D eigenvalue weighted by Gasteiger charge is -2.09. The van der Waals surface area contributed by atoms with E-state index in [1.165, 1.54) is 0 Å². The second-order valence-electron chi connectivity index (χ2n) is 5.46. The first-order valence-electron chi connectivity index (χ1n) is 8.55. The van der Waals surface area contributed by atoms with Gasteiger partial charge in [-0.15, -0.1) is 0 Å². The van der Waals surface area contributed by atoms with Crippen molar-refractivity contribution in [3.8, 4) is 11.5 Å². The van der Waals surface area contributed by atoms with Crippen LogP contribution in [-0.4, -0.2) is 31.7 Å². The van der Waals surface area contributed by atoms with Crippen LogP contribution in [-0.2, 0) is 9.53 Å². The summed E-state index contributed by atoms with van der Waals surface area (Å²) in [6.45, 7) is 4.65. The molecular weight excluding hydrogens is 334 g/mol. The highest BCUT2D eigenvalue weighted by atomic mass is 16.5. The van der Waals surface area contributed by atoms with E-state index < -0.39 is 5.97 Å². The Balaban J connectivity index is 1.86. The molecule has 0 saturated heterocycles. The average Bonchev–Trinajstić information content (AvgIpc) is 2.66. The molecule has 0 saturated carbocycles. The lowest BCUT2D eigenvalue weighted by molar-refractivity contribution is -0.118. The van der Waals surface area contributed by atoms with E-state index in [0.717, 1.165) is 12.2 Å². The number of hydrogen-bond donors (Lipinski definition) is 1. The molecule has 0 spiro atoms. The van der Waals surface area contributed by atoms with Crippen LogP contribution in [0.4, 0.5) is 5.69 Å². The summed E-state index contributed by atoms with van der Waals surface area (Å²) < 4.78 is 15.9. The van der Waals surface area contributed by atoms with Crippen LogP contribution < -0.4 is 14.8 Å². The van der Waals surface area contributed by atoms with Gasteiger partial charge in [0, 0.05) is 5.69 Å². The second kappa shape index (κ2) is 10.1. The fourth-order valence-corrected chi connectivity index (χ4v) is 2.15. The SMILES string of the molecule is CCCOC(=O)c1cccc(NC(=O)COc2ccc(OCC)cc2)c1. The standard InChI is InChI=1S/C20H23NO5/c1-3-12-25-20(23)15-6-5-7-16(13-15)21-19(22)14-26-18-10-8-17(9-11-18)24-4-2/h5-11,13H,3-4,12,14H2,1-2H3,(H,21,22). The maximum atomic E-state index is 12.0. The Bertz CT molecular complexity index is 727. The van der Waals surface area contributed by atoms with E-state index in [9.17, 15) is 9.59 Å². The third-order valence-electron chi connectivity index (χ3n) is 3.32. The molecule has 138 valence electrons. The normalized spacial score (nSPS) is 10.1. The van der Waals surface area contributed by atoms with E-state index in [2.05, 4.69) is 5.32 Å². The zero-order valence-corrected chi connectivity index (χ0v) is 15.0. The minimum Gasteiger partial charge on any atom is -0.494 e. The Morgan fingerprint density at radius 1 is 0.962 bits per heavy atom. The molecule has 0 aliphatic carbocycles. The summed E-state index contributed by atoms with van der Waals surface area (Å²) in [7, 11) is 0. The summed E-state index contributed by atoms with van der Waals surface area (Å²) in [6, 6.07) is 13.6. The molecule has 1 amide bonds. The summed E-state index contributed by atoms with van der Waals surface area (Å²) in [4.78, 5) is 23.9. The third-order valence-corrected chi connectivity index (χ3v) is 3.32. The molecule has 0 aliphatic heterocycles. The Morgan fingerprint density at radius 2 is 1.65 bits per heavy atom. The molecule has 6 nitrogen and oxygen atoms in total. The second-order valence-corrected chi connectivity index (χ2v) is 5.46. The number of benzene rings is 2. The van der Waals surface area contributed by atoms with Gasteiger partial charge in [0.05, 0.1) is 18.8 Å². The van der Waals surface area contributed by atoms with E-state index in [1.807, 2.05) is 13.8 Å². The van der Waals surface area contributed by atoms with Gasteiger partial charge in [-0.25, -0.2) is 4.79 Å². The molecule has 0 fully saturated rings. The lowest BCUT2D eigenvalue weighted by Crippen LogP contribution is -2.20. The zero-order chi connectivity index (χ0) is 18.8. The first-order chi connectivity index (χ1) is 12.6. The summed E-state index contributed by atoms with van der Waals surface area (Å²) in [5, 5.41) is 2.70. The van der Waals surface area contributed by atoms with E-state index in [0.29, 0.717) is 30.2 Å². The molecule has 0 atom stereocenters. The smallest absolute Gasteiger partial charge is 0.338 e. The molecule has 0 aromatic heterocycles. The first-order valence-corrected chi connectivity index (χ1v) is 8.55. The van der Waals surface area contributed by atoms with Crippen molar-refractivity contribution in [1.82, 2.24) is 0 Å². The van der Waals surface area contributed by atoms with Crippen LogP contribution in [0.5, 0.6) is 11.5 Å². The van der Waals surface area contributed by atoms with Gasteiger partial charge in [0.1, 0.15) is 11.5 Å². The van der Waals surface area contributed by atoms with Gasteiger partial charge < -0.3 is 19.5 Å². The Hall–Kier alpha value is -3.02. The average molecular weight is 357 g/mol. The summed E-state index contributed by atoms with van der Waals surface area (Å²) in [6.07, 6.45) is 0.755. The van der Waals surface area contributed by atoms with Crippen LogP contribution in [0, 0.1) is 0 Å². The maximum absolute atomic E-state index is 12.0. The highest BCUT2D eigenvalue weighted by Gasteiger charge is 2.09. The number of anilines is 1. The number of hydrogen-bond acceptors (Lipinski definition) is 5. The van der Waals surface area contributed by atoms with Gasteiger partial charge in [-0.2, -0.15) is 0 Å². The van der Waals surface area contributed by atoms with Crippen LogP contribution in [0.1, 0.15) is 30.6 Å². The van der Waals surface area contributed by atoms with Crippen molar-refractivity contribution < 1.29 is 23.8 Å². The Kier molecular flexibility index (Phi) is 7.49. The molecular formula is C20H23NO5. The largest absolute Gasteiger partial charge is 0.494 e. The fourth-order valence-electron chi connectivity index (χ4n) is 2.15. The van der Waals surface area contributed by atoms with Crippen molar-refractivity contribution in [2.75, 3.05) is 25.1 Å². The van der Waals surface area contributed by atoms with Crippen LogP contribution in [0.3, 0.4) is 0 Å². The number of ether oxygens (including phenoxy) is 3. The van der Waals surface area contributed by atoms with Crippen LogP contribution in [0.2, 0.25) is 0 Å². The molecule has 1 N–H and O–H groups in total. The van der Waals surface area contributed by atoms with Crippen molar-refractivity contribution >= 4 is 17.6 Å². The van der Waals surface area contributed by atoms with Crippen LogP contribution >= 0.6 is 0 Å². The molecule has 26 heavy (non-hydrogen) atoms.